The molecule has 0 radical (unpaired) electrons. The quantitative estimate of drug-likeness (QED) is 0.845. The van der Waals surface area contributed by atoms with Gasteiger partial charge in [-0.15, -0.1) is 11.3 Å². The largest absolute Gasteiger partial charge is 0.481 e. The van der Waals surface area contributed by atoms with Gasteiger partial charge < -0.3 is 10.8 Å². The molecule has 1 aromatic heterocycles. The lowest BCUT2D eigenvalue weighted by Gasteiger charge is -2.22. The van der Waals surface area contributed by atoms with Crippen LogP contribution in [0.2, 0.25) is 0 Å². The number of hydrogen-bond donors (Lipinski definition) is 2. The predicted octanol–water partition coefficient (Wildman–Crippen LogP) is 2.19. The zero-order valence-electron chi connectivity index (χ0n) is 9.27. The highest BCUT2D eigenvalue weighted by atomic mass is 32.1. The molecule has 0 bridgehead atoms. The maximum absolute atomic E-state index is 10.6. The molecule has 1 saturated carbocycles. The van der Waals surface area contributed by atoms with Crippen LogP contribution >= 0.6 is 11.3 Å². The van der Waals surface area contributed by atoms with Crippen molar-refractivity contribution < 1.29 is 9.90 Å². The number of carboxylic acids is 1. The molecule has 1 aliphatic rings. The van der Waals surface area contributed by atoms with Gasteiger partial charge >= 0.3 is 5.97 Å². The van der Waals surface area contributed by atoms with E-state index in [-0.39, 0.29) is 6.42 Å². The predicted molar refractivity (Wildman–Crippen MR) is 62.6 cm³/mol. The number of nitrogens with zero attached hydrogens (tertiary/aromatic N) is 1. The van der Waals surface area contributed by atoms with E-state index >= 15 is 0 Å². The molecule has 1 heterocycles. The molecule has 16 heavy (non-hydrogen) atoms. The third-order valence-electron chi connectivity index (χ3n) is 3.03. The number of nitrogens with two attached hydrogens (primary N) is 1. The highest BCUT2D eigenvalue weighted by Gasteiger charge is 2.25. The minimum Gasteiger partial charge on any atom is -0.481 e. The Labute approximate surface area is 98.5 Å². The number of rotatable bonds is 4. The van der Waals surface area contributed by atoms with E-state index in [2.05, 4.69) is 4.98 Å². The van der Waals surface area contributed by atoms with E-state index < -0.39 is 12.0 Å². The second-order valence-electron chi connectivity index (χ2n) is 4.33. The van der Waals surface area contributed by atoms with E-state index in [1.807, 2.05) is 6.92 Å². The first-order valence-corrected chi connectivity index (χ1v) is 6.34. The summed E-state index contributed by atoms with van der Waals surface area (Å²) in [5, 5.41) is 9.85. The molecule has 1 aromatic rings. The molecule has 1 fully saturated rings. The van der Waals surface area contributed by atoms with Crippen LogP contribution in [-0.4, -0.2) is 16.1 Å². The third kappa shape index (κ3) is 2.25. The number of aryl methyl sites for hydroxylation is 1. The van der Waals surface area contributed by atoms with Crippen LogP contribution in [0, 0.1) is 6.92 Å². The molecule has 0 spiro atoms. The highest BCUT2D eigenvalue weighted by molar-refractivity contribution is 7.12. The maximum atomic E-state index is 10.6. The van der Waals surface area contributed by atoms with Crippen molar-refractivity contribution in [3.05, 3.63) is 15.6 Å². The second kappa shape index (κ2) is 4.51. The Morgan fingerprint density at radius 3 is 2.88 bits per heavy atom. The second-order valence-corrected chi connectivity index (χ2v) is 5.40. The number of carbonyl (C=O) groups is 1. The molecule has 0 saturated heterocycles. The van der Waals surface area contributed by atoms with Gasteiger partial charge in [-0.2, -0.15) is 0 Å². The van der Waals surface area contributed by atoms with Gasteiger partial charge in [-0.25, -0.2) is 4.98 Å². The fraction of sp³-hybridized carbons (Fsp3) is 0.636. The first kappa shape index (κ1) is 11.5. The summed E-state index contributed by atoms with van der Waals surface area (Å²) in [7, 11) is 0. The summed E-state index contributed by atoms with van der Waals surface area (Å²) >= 11 is 1.59. The Hall–Kier alpha value is -0.940. The first-order valence-electron chi connectivity index (χ1n) is 5.52. The third-order valence-corrected chi connectivity index (χ3v) is 4.49. The number of aromatic nitrogens is 1. The van der Waals surface area contributed by atoms with Gasteiger partial charge in [0.1, 0.15) is 0 Å². The minimum atomic E-state index is -0.856. The van der Waals surface area contributed by atoms with Gasteiger partial charge in [-0.1, -0.05) is 6.42 Å². The SMILES string of the molecule is Cc1nc(C2CCC2)sc1C(N)CC(=O)O. The van der Waals surface area contributed by atoms with Crippen molar-refractivity contribution in [3.8, 4) is 0 Å². The lowest BCUT2D eigenvalue weighted by atomic mass is 9.86. The molecule has 1 unspecified atom stereocenters. The zero-order chi connectivity index (χ0) is 11.7. The Morgan fingerprint density at radius 1 is 1.69 bits per heavy atom. The zero-order valence-corrected chi connectivity index (χ0v) is 10.1. The van der Waals surface area contributed by atoms with E-state index in [0.29, 0.717) is 5.92 Å². The highest BCUT2D eigenvalue weighted by Crippen LogP contribution is 2.40. The average molecular weight is 240 g/mol. The molecule has 5 heteroatoms. The van der Waals surface area contributed by atoms with Crippen molar-refractivity contribution in [1.82, 2.24) is 4.98 Å². The van der Waals surface area contributed by atoms with E-state index in [0.717, 1.165) is 15.6 Å². The Morgan fingerprint density at radius 2 is 2.38 bits per heavy atom. The van der Waals surface area contributed by atoms with Gasteiger partial charge in [0.15, 0.2) is 0 Å². The van der Waals surface area contributed by atoms with Crippen molar-refractivity contribution >= 4 is 17.3 Å². The van der Waals surface area contributed by atoms with Gasteiger partial charge in [0, 0.05) is 10.8 Å². The fourth-order valence-corrected chi connectivity index (χ4v) is 3.12. The summed E-state index contributed by atoms with van der Waals surface area (Å²) in [5.74, 6) is -0.264. The number of aliphatic carboxylic acids is 1. The average Bonchev–Trinajstić information content (AvgIpc) is 2.42. The summed E-state index contributed by atoms with van der Waals surface area (Å²) < 4.78 is 0. The fourth-order valence-electron chi connectivity index (χ4n) is 1.88. The van der Waals surface area contributed by atoms with Crippen LogP contribution in [0.4, 0.5) is 0 Å². The summed E-state index contributed by atoms with van der Waals surface area (Å²) in [6.45, 7) is 1.91. The number of carboxylic acid groups (broad SMARTS) is 1. The topological polar surface area (TPSA) is 76.2 Å². The smallest absolute Gasteiger partial charge is 0.305 e. The summed E-state index contributed by atoms with van der Waals surface area (Å²) in [6.07, 6.45) is 3.67. The van der Waals surface area contributed by atoms with E-state index in [9.17, 15) is 4.79 Å². The Kier molecular flexibility index (Phi) is 3.25. The summed E-state index contributed by atoms with van der Waals surface area (Å²) in [5.41, 5.74) is 6.76. The maximum Gasteiger partial charge on any atom is 0.305 e. The molecule has 3 N–H and O–H groups in total. The van der Waals surface area contributed by atoms with Crippen LogP contribution in [0.5, 0.6) is 0 Å². The molecule has 1 aliphatic carbocycles. The van der Waals surface area contributed by atoms with Gasteiger partial charge in [0.05, 0.1) is 23.2 Å². The first-order chi connectivity index (χ1) is 7.58. The Balaban J connectivity index is 2.13. The van der Waals surface area contributed by atoms with Crippen molar-refractivity contribution in [2.24, 2.45) is 5.73 Å². The molecule has 2 rings (SSSR count). The van der Waals surface area contributed by atoms with Crippen molar-refractivity contribution in [1.29, 1.82) is 0 Å². The monoisotopic (exact) mass is 240 g/mol. The summed E-state index contributed by atoms with van der Waals surface area (Å²) in [4.78, 5) is 16.0. The van der Waals surface area contributed by atoms with Crippen molar-refractivity contribution in [2.75, 3.05) is 0 Å². The normalized spacial score (nSPS) is 18.1. The lowest BCUT2D eigenvalue weighted by Crippen LogP contribution is -2.14. The van der Waals surface area contributed by atoms with Crippen LogP contribution in [0.15, 0.2) is 0 Å². The van der Waals surface area contributed by atoms with Crippen LogP contribution < -0.4 is 5.73 Å². The molecule has 88 valence electrons. The van der Waals surface area contributed by atoms with E-state index in [1.54, 1.807) is 11.3 Å². The number of hydrogen-bond acceptors (Lipinski definition) is 4. The van der Waals surface area contributed by atoms with Gasteiger partial charge in [-0.3, -0.25) is 4.79 Å². The van der Waals surface area contributed by atoms with Crippen LogP contribution in [0.3, 0.4) is 0 Å². The van der Waals surface area contributed by atoms with Crippen LogP contribution in [0.1, 0.15) is 53.2 Å². The minimum absolute atomic E-state index is 0.0207. The standard InChI is InChI=1S/C11H16N2O2S/c1-6-10(8(12)5-9(14)15)16-11(13-6)7-3-2-4-7/h7-8H,2-5,12H2,1H3,(H,14,15). The molecular weight excluding hydrogens is 224 g/mol. The number of thiazole rings is 1. The van der Waals surface area contributed by atoms with Gasteiger partial charge in [0.2, 0.25) is 0 Å². The van der Waals surface area contributed by atoms with Crippen molar-refractivity contribution in [2.45, 2.75) is 44.6 Å². The molecule has 0 amide bonds. The molecule has 4 nitrogen and oxygen atoms in total. The molecule has 1 atom stereocenters. The molecule has 0 aliphatic heterocycles. The van der Waals surface area contributed by atoms with Gasteiger partial charge in [0.25, 0.3) is 0 Å². The van der Waals surface area contributed by atoms with Crippen LogP contribution in [-0.2, 0) is 4.79 Å². The van der Waals surface area contributed by atoms with Gasteiger partial charge in [-0.05, 0) is 19.8 Å². The van der Waals surface area contributed by atoms with Crippen LogP contribution in [0.25, 0.3) is 0 Å². The summed E-state index contributed by atoms with van der Waals surface area (Å²) in [6, 6.07) is -0.413. The van der Waals surface area contributed by atoms with E-state index in [1.165, 1.54) is 19.3 Å². The van der Waals surface area contributed by atoms with Crippen molar-refractivity contribution in [3.63, 3.8) is 0 Å². The lowest BCUT2D eigenvalue weighted by molar-refractivity contribution is -0.137. The molecule has 0 aromatic carbocycles. The van der Waals surface area contributed by atoms with E-state index in [4.69, 9.17) is 10.8 Å². The Bertz CT molecular complexity index is 399. The molecular formula is C11H16N2O2S.